The molecule has 0 unspecified atom stereocenters. The third-order valence-electron chi connectivity index (χ3n) is 3.33. The lowest BCUT2D eigenvalue weighted by Gasteiger charge is -2.09. The summed E-state index contributed by atoms with van der Waals surface area (Å²) in [6.07, 6.45) is 1.45. The standard InChI is InChI=1S/C18H21N3O3/c1-12-8-13(2)10-15(9-12)21-17(22)14-4-5-19-16(11-14)18(23)20-6-7-24-3/h4-5,8-11H,6-7H2,1-3H3,(H,20,23)(H,21,22). The van der Waals surface area contributed by atoms with Gasteiger partial charge in [-0.15, -0.1) is 0 Å². The molecule has 6 heteroatoms. The number of nitrogens with zero attached hydrogens (tertiary/aromatic N) is 1. The molecule has 0 saturated carbocycles. The number of hydrogen-bond acceptors (Lipinski definition) is 4. The summed E-state index contributed by atoms with van der Waals surface area (Å²) in [6, 6.07) is 8.86. The Labute approximate surface area is 141 Å². The normalized spacial score (nSPS) is 10.3. The molecular weight excluding hydrogens is 306 g/mol. The summed E-state index contributed by atoms with van der Waals surface area (Å²) in [5.41, 5.74) is 3.43. The molecule has 2 amide bonds. The van der Waals surface area contributed by atoms with Crippen LogP contribution >= 0.6 is 0 Å². The van der Waals surface area contributed by atoms with Gasteiger partial charge in [0.2, 0.25) is 0 Å². The van der Waals surface area contributed by atoms with E-state index in [0.29, 0.717) is 18.7 Å². The van der Waals surface area contributed by atoms with Crippen molar-refractivity contribution in [3.05, 3.63) is 58.9 Å². The number of anilines is 1. The number of methoxy groups -OCH3 is 1. The first kappa shape index (κ1) is 17.6. The average molecular weight is 327 g/mol. The molecular formula is C18H21N3O3. The largest absolute Gasteiger partial charge is 0.383 e. The van der Waals surface area contributed by atoms with Crippen molar-refractivity contribution in [1.29, 1.82) is 0 Å². The van der Waals surface area contributed by atoms with Gasteiger partial charge in [-0.1, -0.05) is 6.07 Å². The van der Waals surface area contributed by atoms with Gasteiger partial charge in [0.1, 0.15) is 5.69 Å². The number of amides is 2. The second-order valence-electron chi connectivity index (χ2n) is 5.51. The second kappa shape index (κ2) is 8.21. The zero-order valence-corrected chi connectivity index (χ0v) is 14.1. The molecule has 0 atom stereocenters. The molecule has 0 aliphatic carbocycles. The third-order valence-corrected chi connectivity index (χ3v) is 3.33. The fourth-order valence-electron chi connectivity index (χ4n) is 2.30. The monoisotopic (exact) mass is 327 g/mol. The number of ether oxygens (including phenoxy) is 1. The molecule has 1 aromatic carbocycles. The van der Waals surface area contributed by atoms with E-state index >= 15 is 0 Å². The van der Waals surface area contributed by atoms with E-state index in [0.717, 1.165) is 16.8 Å². The smallest absolute Gasteiger partial charge is 0.269 e. The Morgan fingerprint density at radius 3 is 2.46 bits per heavy atom. The van der Waals surface area contributed by atoms with E-state index in [4.69, 9.17) is 4.74 Å². The van der Waals surface area contributed by atoms with E-state index in [1.54, 1.807) is 13.2 Å². The minimum absolute atomic E-state index is 0.194. The Hall–Kier alpha value is -2.73. The van der Waals surface area contributed by atoms with Crippen LogP contribution in [0.15, 0.2) is 36.5 Å². The summed E-state index contributed by atoms with van der Waals surface area (Å²) in [4.78, 5) is 28.4. The van der Waals surface area contributed by atoms with Crippen LogP contribution in [-0.4, -0.2) is 37.1 Å². The Kier molecular flexibility index (Phi) is 6.03. The van der Waals surface area contributed by atoms with Crippen molar-refractivity contribution in [2.24, 2.45) is 0 Å². The molecule has 2 N–H and O–H groups in total. The fourth-order valence-corrected chi connectivity index (χ4v) is 2.30. The number of rotatable bonds is 6. The highest BCUT2D eigenvalue weighted by atomic mass is 16.5. The van der Waals surface area contributed by atoms with E-state index in [2.05, 4.69) is 15.6 Å². The van der Waals surface area contributed by atoms with Gasteiger partial charge in [-0.05, 0) is 49.2 Å². The van der Waals surface area contributed by atoms with Crippen molar-refractivity contribution < 1.29 is 14.3 Å². The molecule has 2 aromatic rings. The van der Waals surface area contributed by atoms with Gasteiger partial charge in [-0.25, -0.2) is 0 Å². The number of aryl methyl sites for hydroxylation is 2. The van der Waals surface area contributed by atoms with Crippen molar-refractivity contribution in [2.45, 2.75) is 13.8 Å². The van der Waals surface area contributed by atoms with E-state index in [1.807, 2.05) is 32.0 Å². The van der Waals surface area contributed by atoms with Crippen LogP contribution in [-0.2, 0) is 4.74 Å². The number of carbonyl (C=O) groups excluding carboxylic acids is 2. The molecule has 0 bridgehead atoms. The summed E-state index contributed by atoms with van der Waals surface area (Å²) in [6.45, 7) is 4.74. The predicted octanol–water partition coefficient (Wildman–Crippen LogP) is 2.33. The number of pyridine rings is 1. The fraction of sp³-hybridized carbons (Fsp3) is 0.278. The lowest BCUT2D eigenvalue weighted by molar-refractivity contribution is 0.0932. The van der Waals surface area contributed by atoms with E-state index in [-0.39, 0.29) is 17.5 Å². The van der Waals surface area contributed by atoms with Gasteiger partial charge in [-0.3, -0.25) is 14.6 Å². The summed E-state index contributed by atoms with van der Waals surface area (Å²) in [5.74, 6) is -0.624. The second-order valence-corrected chi connectivity index (χ2v) is 5.51. The lowest BCUT2D eigenvalue weighted by atomic mass is 10.1. The first-order valence-corrected chi connectivity index (χ1v) is 7.62. The van der Waals surface area contributed by atoms with Gasteiger partial charge in [0, 0.05) is 31.1 Å². The number of carbonyl (C=O) groups is 2. The Morgan fingerprint density at radius 2 is 1.79 bits per heavy atom. The molecule has 126 valence electrons. The molecule has 0 spiro atoms. The topological polar surface area (TPSA) is 80.3 Å². The number of nitrogens with one attached hydrogen (secondary N) is 2. The highest BCUT2D eigenvalue weighted by Crippen LogP contribution is 2.15. The predicted molar refractivity (Wildman–Crippen MR) is 92.3 cm³/mol. The maximum absolute atomic E-state index is 12.4. The lowest BCUT2D eigenvalue weighted by Crippen LogP contribution is -2.28. The number of hydrogen-bond donors (Lipinski definition) is 2. The van der Waals surface area contributed by atoms with Crippen LogP contribution in [0.4, 0.5) is 5.69 Å². The van der Waals surface area contributed by atoms with Crippen molar-refractivity contribution in [3.8, 4) is 0 Å². The van der Waals surface area contributed by atoms with Gasteiger partial charge >= 0.3 is 0 Å². The first-order valence-electron chi connectivity index (χ1n) is 7.62. The highest BCUT2D eigenvalue weighted by Gasteiger charge is 2.12. The van der Waals surface area contributed by atoms with Crippen LogP contribution in [0.2, 0.25) is 0 Å². The zero-order chi connectivity index (χ0) is 17.5. The minimum atomic E-state index is -0.340. The number of aromatic nitrogens is 1. The first-order chi connectivity index (χ1) is 11.5. The van der Waals surface area contributed by atoms with Crippen LogP contribution in [0.25, 0.3) is 0 Å². The van der Waals surface area contributed by atoms with E-state index in [9.17, 15) is 9.59 Å². The molecule has 1 heterocycles. The maximum atomic E-state index is 12.4. The van der Waals surface area contributed by atoms with Gasteiger partial charge in [-0.2, -0.15) is 0 Å². The quantitative estimate of drug-likeness (QED) is 0.798. The van der Waals surface area contributed by atoms with Crippen molar-refractivity contribution >= 4 is 17.5 Å². The van der Waals surface area contributed by atoms with E-state index in [1.165, 1.54) is 12.3 Å². The third kappa shape index (κ3) is 4.89. The van der Waals surface area contributed by atoms with Crippen LogP contribution in [0.5, 0.6) is 0 Å². The van der Waals surface area contributed by atoms with Crippen LogP contribution < -0.4 is 10.6 Å². The summed E-state index contributed by atoms with van der Waals surface area (Å²) >= 11 is 0. The molecule has 0 aliphatic heterocycles. The van der Waals surface area contributed by atoms with Crippen molar-refractivity contribution in [2.75, 3.05) is 25.6 Å². The molecule has 24 heavy (non-hydrogen) atoms. The van der Waals surface area contributed by atoms with Gasteiger partial charge < -0.3 is 15.4 Å². The molecule has 6 nitrogen and oxygen atoms in total. The molecule has 0 fully saturated rings. The molecule has 0 radical (unpaired) electrons. The summed E-state index contributed by atoms with van der Waals surface area (Å²) < 4.78 is 4.88. The molecule has 0 saturated heterocycles. The Morgan fingerprint density at radius 1 is 1.08 bits per heavy atom. The zero-order valence-electron chi connectivity index (χ0n) is 14.1. The Bertz CT molecular complexity index is 724. The molecule has 0 aliphatic rings. The summed E-state index contributed by atoms with van der Waals surface area (Å²) in [5, 5.41) is 5.51. The SMILES string of the molecule is COCCNC(=O)c1cc(C(=O)Nc2cc(C)cc(C)c2)ccn1. The highest BCUT2D eigenvalue weighted by molar-refractivity contribution is 6.05. The average Bonchev–Trinajstić information content (AvgIpc) is 2.54. The van der Waals surface area contributed by atoms with Crippen molar-refractivity contribution in [1.82, 2.24) is 10.3 Å². The van der Waals surface area contributed by atoms with Gasteiger partial charge in [0.25, 0.3) is 11.8 Å². The summed E-state index contributed by atoms with van der Waals surface area (Å²) in [7, 11) is 1.56. The minimum Gasteiger partial charge on any atom is -0.383 e. The van der Waals surface area contributed by atoms with Crippen molar-refractivity contribution in [3.63, 3.8) is 0 Å². The van der Waals surface area contributed by atoms with E-state index < -0.39 is 0 Å². The Balaban J connectivity index is 2.09. The van der Waals surface area contributed by atoms with Crippen LogP contribution in [0.1, 0.15) is 32.0 Å². The molecule has 2 rings (SSSR count). The van der Waals surface area contributed by atoms with Crippen LogP contribution in [0, 0.1) is 13.8 Å². The molecule has 1 aromatic heterocycles. The van der Waals surface area contributed by atoms with Crippen LogP contribution in [0.3, 0.4) is 0 Å². The van der Waals surface area contributed by atoms with Gasteiger partial charge in [0.05, 0.1) is 6.61 Å². The maximum Gasteiger partial charge on any atom is 0.269 e. The van der Waals surface area contributed by atoms with Gasteiger partial charge in [0.15, 0.2) is 0 Å². The number of benzene rings is 1.